The Bertz CT molecular complexity index is 271. The molecule has 124 valence electrons. The summed E-state index contributed by atoms with van der Waals surface area (Å²) >= 11 is 0. The number of piperidine rings is 1. The van der Waals surface area contributed by atoms with E-state index in [4.69, 9.17) is 0 Å². The van der Waals surface area contributed by atoms with E-state index in [9.17, 15) is 0 Å². The van der Waals surface area contributed by atoms with Crippen molar-refractivity contribution in [2.24, 2.45) is 11.8 Å². The summed E-state index contributed by atoms with van der Waals surface area (Å²) in [6.07, 6.45) is 12.8. The lowest BCUT2D eigenvalue weighted by molar-refractivity contribution is 0.0741. The predicted molar refractivity (Wildman–Crippen MR) is 92.7 cm³/mol. The third-order valence-electron chi connectivity index (χ3n) is 5.51. The topological polar surface area (TPSA) is 15.3 Å². The third-order valence-corrected chi connectivity index (χ3v) is 5.51. The molecule has 0 radical (unpaired) electrons. The maximum atomic E-state index is 3.87. The van der Waals surface area contributed by atoms with Crippen LogP contribution in [0.1, 0.15) is 78.6 Å². The fourth-order valence-corrected chi connectivity index (χ4v) is 4.33. The van der Waals surface area contributed by atoms with Gasteiger partial charge in [0.05, 0.1) is 0 Å². The van der Waals surface area contributed by atoms with E-state index in [-0.39, 0.29) is 0 Å². The summed E-state index contributed by atoms with van der Waals surface area (Å²) in [7, 11) is 0. The summed E-state index contributed by atoms with van der Waals surface area (Å²) < 4.78 is 0. The molecule has 1 aliphatic heterocycles. The molecule has 0 amide bonds. The molecule has 2 unspecified atom stereocenters. The molecule has 2 atom stereocenters. The molecular formula is C19H38N2. The Kier molecular flexibility index (Phi) is 7.53. The minimum Gasteiger partial charge on any atom is -0.313 e. The minimum absolute atomic E-state index is 0.746. The molecule has 0 spiro atoms. The first kappa shape index (κ1) is 17.3. The van der Waals surface area contributed by atoms with E-state index < -0.39 is 0 Å². The highest BCUT2D eigenvalue weighted by molar-refractivity contribution is 4.88. The molecule has 2 heteroatoms. The van der Waals surface area contributed by atoms with E-state index in [2.05, 4.69) is 31.0 Å². The number of nitrogens with zero attached hydrogens (tertiary/aromatic N) is 1. The monoisotopic (exact) mass is 294 g/mol. The maximum absolute atomic E-state index is 3.87. The van der Waals surface area contributed by atoms with E-state index in [0.29, 0.717) is 0 Å². The number of hydrogen-bond acceptors (Lipinski definition) is 2. The fraction of sp³-hybridized carbons (Fsp3) is 1.00. The van der Waals surface area contributed by atoms with Crippen LogP contribution in [0.25, 0.3) is 0 Å². The lowest BCUT2D eigenvalue weighted by Crippen LogP contribution is -2.53. The van der Waals surface area contributed by atoms with Gasteiger partial charge in [-0.15, -0.1) is 0 Å². The van der Waals surface area contributed by atoms with Gasteiger partial charge < -0.3 is 5.32 Å². The van der Waals surface area contributed by atoms with Crippen molar-refractivity contribution >= 4 is 0 Å². The standard InChI is InChI=1S/C19H38N2/c1-4-8-17-13-18(20-12-11-16(2)3)15-21(14-17)19-9-6-5-7-10-19/h16-20H,4-15H2,1-3H3. The summed E-state index contributed by atoms with van der Waals surface area (Å²) in [5.41, 5.74) is 0. The maximum Gasteiger partial charge on any atom is 0.0198 e. The molecule has 0 aromatic carbocycles. The molecule has 0 bridgehead atoms. The zero-order chi connectivity index (χ0) is 15.1. The van der Waals surface area contributed by atoms with Crippen LogP contribution >= 0.6 is 0 Å². The van der Waals surface area contributed by atoms with Crippen LogP contribution in [0.5, 0.6) is 0 Å². The molecule has 0 aromatic heterocycles. The zero-order valence-corrected chi connectivity index (χ0v) is 14.7. The highest BCUT2D eigenvalue weighted by Crippen LogP contribution is 2.29. The fourth-order valence-electron chi connectivity index (χ4n) is 4.33. The Morgan fingerprint density at radius 1 is 1.10 bits per heavy atom. The molecule has 2 rings (SSSR count). The number of likely N-dealkylation sites (tertiary alicyclic amines) is 1. The van der Waals surface area contributed by atoms with Crippen molar-refractivity contribution in [3.8, 4) is 0 Å². The van der Waals surface area contributed by atoms with Gasteiger partial charge in [0, 0.05) is 25.2 Å². The summed E-state index contributed by atoms with van der Waals surface area (Å²) in [6.45, 7) is 10.9. The van der Waals surface area contributed by atoms with Gasteiger partial charge in [0.1, 0.15) is 0 Å². The number of nitrogens with one attached hydrogen (secondary N) is 1. The Morgan fingerprint density at radius 3 is 2.52 bits per heavy atom. The summed E-state index contributed by atoms with van der Waals surface area (Å²) in [5.74, 6) is 1.75. The first-order chi connectivity index (χ1) is 10.2. The van der Waals surface area contributed by atoms with Gasteiger partial charge in [0.2, 0.25) is 0 Å². The molecular weight excluding hydrogens is 256 g/mol. The first-order valence-corrected chi connectivity index (χ1v) is 9.66. The second-order valence-corrected chi connectivity index (χ2v) is 7.97. The second-order valence-electron chi connectivity index (χ2n) is 7.97. The van der Waals surface area contributed by atoms with E-state index in [1.807, 2.05) is 0 Å². The van der Waals surface area contributed by atoms with E-state index in [1.54, 1.807) is 0 Å². The van der Waals surface area contributed by atoms with Crippen LogP contribution in [0, 0.1) is 11.8 Å². The first-order valence-electron chi connectivity index (χ1n) is 9.66. The van der Waals surface area contributed by atoms with Crippen LogP contribution in [0.3, 0.4) is 0 Å². The lowest BCUT2D eigenvalue weighted by Gasteiger charge is -2.43. The predicted octanol–water partition coefficient (Wildman–Crippen LogP) is 4.45. The SMILES string of the molecule is CCCC1CC(NCCC(C)C)CN(C2CCCCC2)C1. The Morgan fingerprint density at radius 2 is 1.86 bits per heavy atom. The van der Waals surface area contributed by atoms with Crippen molar-refractivity contribution < 1.29 is 0 Å². The second kappa shape index (κ2) is 9.15. The molecule has 1 aliphatic carbocycles. The zero-order valence-electron chi connectivity index (χ0n) is 14.7. The minimum atomic E-state index is 0.746. The van der Waals surface area contributed by atoms with Crippen molar-refractivity contribution in [1.82, 2.24) is 10.2 Å². The van der Waals surface area contributed by atoms with Crippen molar-refractivity contribution in [3.63, 3.8) is 0 Å². The molecule has 1 saturated carbocycles. The van der Waals surface area contributed by atoms with Crippen LogP contribution in [0.4, 0.5) is 0 Å². The highest BCUT2D eigenvalue weighted by atomic mass is 15.2. The number of hydrogen-bond donors (Lipinski definition) is 1. The third kappa shape index (κ3) is 5.90. The van der Waals surface area contributed by atoms with Gasteiger partial charge in [-0.05, 0) is 50.5 Å². The van der Waals surface area contributed by atoms with Crippen LogP contribution in [-0.4, -0.2) is 36.6 Å². The van der Waals surface area contributed by atoms with Crippen molar-refractivity contribution in [1.29, 1.82) is 0 Å². The Hall–Kier alpha value is -0.0800. The molecule has 1 heterocycles. The van der Waals surface area contributed by atoms with Crippen molar-refractivity contribution in [3.05, 3.63) is 0 Å². The van der Waals surface area contributed by atoms with Crippen LogP contribution < -0.4 is 5.32 Å². The Balaban J connectivity index is 1.84. The van der Waals surface area contributed by atoms with Gasteiger partial charge in [0.15, 0.2) is 0 Å². The molecule has 0 aromatic rings. The average molecular weight is 295 g/mol. The Labute approximate surface area is 133 Å². The quantitative estimate of drug-likeness (QED) is 0.746. The van der Waals surface area contributed by atoms with Gasteiger partial charge >= 0.3 is 0 Å². The van der Waals surface area contributed by atoms with E-state index in [0.717, 1.165) is 23.9 Å². The molecule has 1 saturated heterocycles. The van der Waals surface area contributed by atoms with Gasteiger partial charge in [0.25, 0.3) is 0 Å². The van der Waals surface area contributed by atoms with E-state index >= 15 is 0 Å². The van der Waals surface area contributed by atoms with Crippen molar-refractivity contribution in [2.75, 3.05) is 19.6 Å². The van der Waals surface area contributed by atoms with Crippen molar-refractivity contribution in [2.45, 2.75) is 90.6 Å². The lowest BCUT2D eigenvalue weighted by atomic mass is 9.86. The van der Waals surface area contributed by atoms with Crippen LogP contribution in [0.15, 0.2) is 0 Å². The number of rotatable bonds is 7. The molecule has 21 heavy (non-hydrogen) atoms. The molecule has 2 nitrogen and oxygen atoms in total. The van der Waals surface area contributed by atoms with Gasteiger partial charge in [-0.25, -0.2) is 0 Å². The van der Waals surface area contributed by atoms with E-state index in [1.165, 1.54) is 77.4 Å². The average Bonchev–Trinajstić information content (AvgIpc) is 2.48. The summed E-state index contributed by atoms with van der Waals surface area (Å²) in [4.78, 5) is 2.86. The van der Waals surface area contributed by atoms with Gasteiger partial charge in [-0.3, -0.25) is 4.90 Å². The van der Waals surface area contributed by atoms with Gasteiger partial charge in [-0.1, -0.05) is 46.5 Å². The normalized spacial score (nSPS) is 29.1. The molecule has 2 aliphatic rings. The summed E-state index contributed by atoms with van der Waals surface area (Å²) in [6, 6.07) is 1.64. The largest absolute Gasteiger partial charge is 0.313 e. The molecule has 2 fully saturated rings. The highest BCUT2D eigenvalue weighted by Gasteiger charge is 2.31. The van der Waals surface area contributed by atoms with Crippen LogP contribution in [0.2, 0.25) is 0 Å². The smallest absolute Gasteiger partial charge is 0.0198 e. The van der Waals surface area contributed by atoms with Crippen LogP contribution in [-0.2, 0) is 0 Å². The van der Waals surface area contributed by atoms with Gasteiger partial charge in [-0.2, -0.15) is 0 Å². The summed E-state index contributed by atoms with van der Waals surface area (Å²) in [5, 5.41) is 3.87. The molecule has 1 N–H and O–H groups in total.